The molecule has 1 aromatic rings. The van der Waals surface area contributed by atoms with E-state index in [-0.39, 0.29) is 18.3 Å². The minimum Gasteiger partial charge on any atom is -0.326 e. The van der Waals surface area contributed by atoms with E-state index >= 15 is 0 Å². The van der Waals surface area contributed by atoms with Crippen molar-refractivity contribution in [2.75, 3.05) is 0 Å². The van der Waals surface area contributed by atoms with Gasteiger partial charge in [-0.3, -0.25) is 4.79 Å². The topological polar surface area (TPSA) is 75.4 Å². The van der Waals surface area contributed by atoms with Gasteiger partial charge in [-0.25, -0.2) is 14.8 Å². The number of benzene rings is 1. The van der Waals surface area contributed by atoms with Crippen LogP contribution in [0.3, 0.4) is 0 Å². The predicted octanol–water partition coefficient (Wildman–Crippen LogP) is 1.04. The molecule has 0 spiro atoms. The lowest BCUT2D eigenvalue weighted by atomic mass is 9.98. The van der Waals surface area contributed by atoms with Crippen LogP contribution < -0.4 is 11.2 Å². The summed E-state index contributed by atoms with van der Waals surface area (Å²) in [5.74, 6) is -0.552. The molecule has 21 heavy (non-hydrogen) atoms. The summed E-state index contributed by atoms with van der Waals surface area (Å²) in [4.78, 5) is 22.7. The minimum atomic E-state index is -0.564. The Morgan fingerprint density at radius 2 is 2.24 bits per heavy atom. The second-order valence-corrected chi connectivity index (χ2v) is 5.01. The number of nitrogens with two attached hydrogens (primary N) is 1. The number of carbonyl (C=O) groups is 2. The first-order chi connectivity index (χ1) is 9.97. The first-order valence-corrected chi connectivity index (χ1v) is 6.67. The molecule has 5 nitrogen and oxygen atoms in total. The van der Waals surface area contributed by atoms with Crippen LogP contribution in [0.5, 0.6) is 0 Å². The summed E-state index contributed by atoms with van der Waals surface area (Å²) < 4.78 is 13.8. The van der Waals surface area contributed by atoms with E-state index in [4.69, 9.17) is 5.73 Å². The Labute approximate surface area is 122 Å². The van der Waals surface area contributed by atoms with E-state index in [0.29, 0.717) is 17.7 Å². The molecule has 1 unspecified atom stereocenters. The highest BCUT2D eigenvalue weighted by Gasteiger charge is 2.30. The molecule has 2 rings (SSSR count). The van der Waals surface area contributed by atoms with Crippen molar-refractivity contribution < 1.29 is 14.0 Å². The maximum absolute atomic E-state index is 13.8. The average Bonchev–Trinajstić information content (AvgIpc) is 2.76. The number of hydrogen-bond acceptors (Lipinski definition) is 4. The smallest absolute Gasteiger partial charge is 0.237 e. The maximum Gasteiger partial charge on any atom is 0.237 e. The van der Waals surface area contributed by atoms with E-state index in [1.165, 1.54) is 18.0 Å². The van der Waals surface area contributed by atoms with E-state index in [0.717, 1.165) is 17.4 Å². The van der Waals surface area contributed by atoms with Crippen LogP contribution in [0.2, 0.25) is 0 Å². The molecule has 1 amide bonds. The first-order valence-electron chi connectivity index (χ1n) is 6.67. The molecular formula is C15H18FN3O2. The van der Waals surface area contributed by atoms with Crippen LogP contribution in [0.25, 0.3) is 0 Å². The van der Waals surface area contributed by atoms with Crippen molar-refractivity contribution in [1.29, 1.82) is 0 Å². The highest BCUT2D eigenvalue weighted by molar-refractivity contribution is 5.78. The van der Waals surface area contributed by atoms with E-state index < -0.39 is 6.04 Å². The van der Waals surface area contributed by atoms with Gasteiger partial charge in [-0.2, -0.15) is 0 Å². The van der Waals surface area contributed by atoms with Crippen LogP contribution in [0.15, 0.2) is 29.5 Å². The van der Waals surface area contributed by atoms with Gasteiger partial charge in [0.2, 0.25) is 5.91 Å². The van der Waals surface area contributed by atoms with Gasteiger partial charge in [-0.15, -0.1) is 0 Å². The van der Waals surface area contributed by atoms with Gasteiger partial charge < -0.3 is 10.5 Å². The Morgan fingerprint density at radius 1 is 1.52 bits per heavy atom. The molecule has 0 bridgehead atoms. The number of allylic oxidation sites excluding steroid dienone is 1. The standard InChI is InChI=1S/C15H18FN3O2/c1-9-13(15(8-20)18-19(9)10(2)21)5-11-3-4-12(7-17)14(16)6-11/h3-4,6,8,15,18H,5,7,17H2,1-2H3. The number of carbonyl (C=O) groups excluding carboxylic acids is 2. The largest absolute Gasteiger partial charge is 0.326 e. The number of hydrogen-bond donors (Lipinski definition) is 2. The SMILES string of the molecule is CC(=O)N1NC(C=O)C(Cc2ccc(CN)c(F)c2)=C1C. The van der Waals surface area contributed by atoms with Crippen molar-refractivity contribution in [3.05, 3.63) is 46.4 Å². The molecule has 1 atom stereocenters. The molecule has 3 N–H and O–H groups in total. The minimum absolute atomic E-state index is 0.143. The fourth-order valence-electron chi connectivity index (χ4n) is 2.45. The van der Waals surface area contributed by atoms with E-state index in [9.17, 15) is 14.0 Å². The number of rotatable bonds is 4. The molecule has 0 aliphatic carbocycles. The van der Waals surface area contributed by atoms with Crippen LogP contribution in [0.1, 0.15) is 25.0 Å². The Balaban J connectivity index is 2.30. The quantitative estimate of drug-likeness (QED) is 0.813. The van der Waals surface area contributed by atoms with Crippen molar-refractivity contribution in [1.82, 2.24) is 10.4 Å². The van der Waals surface area contributed by atoms with Crippen LogP contribution in [-0.2, 0) is 22.6 Å². The summed E-state index contributed by atoms with van der Waals surface area (Å²) >= 11 is 0. The van der Waals surface area contributed by atoms with Crippen molar-refractivity contribution in [2.45, 2.75) is 32.9 Å². The van der Waals surface area contributed by atoms with Gasteiger partial charge in [-0.05, 0) is 30.5 Å². The maximum atomic E-state index is 13.8. The van der Waals surface area contributed by atoms with E-state index in [2.05, 4.69) is 5.43 Å². The Bertz CT molecular complexity index is 613. The summed E-state index contributed by atoms with van der Waals surface area (Å²) in [5, 5.41) is 1.35. The van der Waals surface area contributed by atoms with Gasteiger partial charge in [0.1, 0.15) is 18.1 Å². The van der Waals surface area contributed by atoms with Gasteiger partial charge in [0.05, 0.1) is 0 Å². The second kappa shape index (κ2) is 6.15. The molecule has 6 heteroatoms. The number of aldehydes is 1. The summed E-state index contributed by atoms with van der Waals surface area (Å²) in [5.41, 5.74) is 10.9. The molecule has 0 saturated carbocycles. The summed E-state index contributed by atoms with van der Waals surface area (Å²) in [6, 6.07) is 4.28. The number of nitrogens with zero attached hydrogens (tertiary/aromatic N) is 1. The third-order valence-electron chi connectivity index (χ3n) is 3.63. The molecule has 0 radical (unpaired) electrons. The lowest BCUT2D eigenvalue weighted by Gasteiger charge is -2.15. The highest BCUT2D eigenvalue weighted by Crippen LogP contribution is 2.24. The van der Waals surface area contributed by atoms with Gasteiger partial charge in [0, 0.05) is 24.7 Å². The van der Waals surface area contributed by atoms with Crippen molar-refractivity contribution >= 4 is 12.2 Å². The van der Waals surface area contributed by atoms with Crippen LogP contribution in [0, 0.1) is 5.82 Å². The fourth-order valence-corrected chi connectivity index (χ4v) is 2.45. The molecule has 1 aromatic carbocycles. The van der Waals surface area contributed by atoms with Crippen LogP contribution >= 0.6 is 0 Å². The van der Waals surface area contributed by atoms with Crippen molar-refractivity contribution in [3.63, 3.8) is 0 Å². The molecule has 112 valence electrons. The van der Waals surface area contributed by atoms with Crippen molar-refractivity contribution in [2.24, 2.45) is 5.73 Å². The van der Waals surface area contributed by atoms with Gasteiger partial charge in [-0.1, -0.05) is 12.1 Å². The normalized spacial score (nSPS) is 18.3. The number of hydrazine groups is 1. The molecular weight excluding hydrogens is 273 g/mol. The fraction of sp³-hybridized carbons (Fsp3) is 0.333. The third-order valence-corrected chi connectivity index (χ3v) is 3.63. The molecule has 0 aromatic heterocycles. The Kier molecular flexibility index (Phi) is 4.50. The van der Waals surface area contributed by atoms with Gasteiger partial charge in [0.25, 0.3) is 0 Å². The third kappa shape index (κ3) is 3.01. The molecule has 1 aliphatic heterocycles. The molecule has 0 fully saturated rings. The second-order valence-electron chi connectivity index (χ2n) is 5.01. The van der Waals surface area contributed by atoms with Crippen LogP contribution in [0.4, 0.5) is 4.39 Å². The highest BCUT2D eigenvalue weighted by atomic mass is 19.1. The van der Waals surface area contributed by atoms with Crippen molar-refractivity contribution in [3.8, 4) is 0 Å². The predicted molar refractivity (Wildman–Crippen MR) is 76.2 cm³/mol. The van der Waals surface area contributed by atoms with Gasteiger partial charge >= 0.3 is 0 Å². The monoisotopic (exact) mass is 291 g/mol. The summed E-state index contributed by atoms with van der Waals surface area (Å²) in [7, 11) is 0. The Morgan fingerprint density at radius 3 is 2.76 bits per heavy atom. The first kappa shape index (κ1) is 15.3. The van der Waals surface area contributed by atoms with Gasteiger partial charge in [0.15, 0.2) is 0 Å². The number of amides is 1. The number of nitrogens with one attached hydrogen (secondary N) is 1. The summed E-state index contributed by atoms with van der Waals surface area (Å²) in [6.07, 6.45) is 1.14. The lowest BCUT2D eigenvalue weighted by Crippen LogP contribution is -2.40. The zero-order chi connectivity index (χ0) is 15.6. The summed E-state index contributed by atoms with van der Waals surface area (Å²) in [6.45, 7) is 3.32. The van der Waals surface area contributed by atoms with E-state index in [1.807, 2.05) is 0 Å². The average molecular weight is 291 g/mol. The molecule has 1 aliphatic rings. The zero-order valence-electron chi connectivity index (χ0n) is 12.0. The lowest BCUT2D eigenvalue weighted by molar-refractivity contribution is -0.129. The molecule has 1 heterocycles. The van der Waals surface area contributed by atoms with Crippen LogP contribution in [-0.4, -0.2) is 23.2 Å². The zero-order valence-corrected chi connectivity index (χ0v) is 12.0. The number of halogens is 1. The van der Waals surface area contributed by atoms with E-state index in [1.54, 1.807) is 19.1 Å². The Hall–Kier alpha value is -2.05. The molecule has 0 saturated heterocycles.